The molecule has 0 aliphatic carbocycles. The van der Waals surface area contributed by atoms with E-state index in [1.54, 1.807) is 24.9 Å². The zero-order valence-electron chi connectivity index (χ0n) is 23.5. The lowest BCUT2D eigenvalue weighted by atomic mass is 10.0. The Labute approximate surface area is 239 Å². The van der Waals surface area contributed by atoms with Gasteiger partial charge >= 0.3 is 18.0 Å². The molecule has 4 heterocycles. The van der Waals surface area contributed by atoms with Crippen LogP contribution in [0.1, 0.15) is 40.9 Å². The maximum absolute atomic E-state index is 13.5. The van der Waals surface area contributed by atoms with Crippen molar-refractivity contribution in [3.8, 4) is 0 Å². The summed E-state index contributed by atoms with van der Waals surface area (Å²) in [6.45, 7) is 6.48. The van der Waals surface area contributed by atoms with Crippen molar-refractivity contribution in [2.45, 2.75) is 45.6 Å². The Bertz CT molecular complexity index is 1640. The van der Waals surface area contributed by atoms with Crippen LogP contribution in [0.15, 0.2) is 48.9 Å². The van der Waals surface area contributed by atoms with Gasteiger partial charge in [-0.25, -0.2) is 4.98 Å². The zero-order valence-corrected chi connectivity index (χ0v) is 23.5. The lowest BCUT2D eigenvalue weighted by molar-refractivity contribution is -0.153. The second-order valence-electron chi connectivity index (χ2n) is 10.4. The highest BCUT2D eigenvalue weighted by Crippen LogP contribution is 2.32. The number of ether oxygens (including phenoxy) is 1. The fourth-order valence-corrected chi connectivity index (χ4v) is 5.11. The number of anilines is 2. The normalized spacial score (nSPS) is 17.4. The van der Waals surface area contributed by atoms with E-state index in [-0.39, 0.29) is 13.2 Å². The summed E-state index contributed by atoms with van der Waals surface area (Å²) < 4.78 is 46.2. The maximum atomic E-state index is 13.5. The molecule has 2 atom stereocenters. The molecular formula is C29H30F3N7O3. The third kappa shape index (κ3) is 5.77. The first-order valence-corrected chi connectivity index (χ1v) is 13.3. The van der Waals surface area contributed by atoms with Crippen LogP contribution in [0.4, 0.5) is 24.7 Å². The second-order valence-corrected chi connectivity index (χ2v) is 10.4. The number of pyridine rings is 2. The number of halogens is 3. The maximum Gasteiger partial charge on any atom is 0.433 e. The van der Waals surface area contributed by atoms with Gasteiger partial charge < -0.3 is 20.3 Å². The van der Waals surface area contributed by atoms with Crippen LogP contribution in [0.5, 0.6) is 0 Å². The van der Waals surface area contributed by atoms with Gasteiger partial charge in [-0.1, -0.05) is 29.8 Å². The molecular weight excluding hydrogens is 551 g/mol. The molecule has 1 fully saturated rings. The van der Waals surface area contributed by atoms with Crippen molar-refractivity contribution in [3.05, 3.63) is 76.9 Å². The van der Waals surface area contributed by atoms with Gasteiger partial charge in [-0.05, 0) is 43.5 Å². The van der Waals surface area contributed by atoms with E-state index in [4.69, 9.17) is 4.74 Å². The number of hydrogen-bond donors (Lipinski definition) is 2. The molecule has 1 aliphatic rings. The molecule has 0 saturated carbocycles. The highest BCUT2D eigenvalue weighted by atomic mass is 19.4. The molecule has 0 bridgehead atoms. The van der Waals surface area contributed by atoms with E-state index < -0.39 is 35.8 Å². The van der Waals surface area contributed by atoms with Crippen LogP contribution in [0, 0.1) is 13.8 Å². The standard InChI is InChI=1S/C29H30F3N7O3/c1-16-5-6-19(17(2)9-16)10-34-26-25-21(12-36-38(25)4)22(13-35-26)37-27(40)28(41)39-18(3)14-42-15-23(39)20-7-8-24(33-11-20)29(30,31)32/h5-9,11-13,18,23H,10,14-15H2,1-4H3,(H,34,35)(H,37,40). The van der Waals surface area contributed by atoms with Crippen molar-refractivity contribution in [3.63, 3.8) is 0 Å². The number of aromatic nitrogens is 4. The Morgan fingerprint density at radius 1 is 1.07 bits per heavy atom. The van der Waals surface area contributed by atoms with Gasteiger partial charge in [0.2, 0.25) is 0 Å². The van der Waals surface area contributed by atoms with Crippen molar-refractivity contribution < 1.29 is 27.5 Å². The number of alkyl halides is 3. The fraction of sp³-hybridized carbons (Fsp3) is 0.345. The predicted molar refractivity (Wildman–Crippen MR) is 149 cm³/mol. The molecule has 3 aromatic heterocycles. The lowest BCUT2D eigenvalue weighted by Crippen LogP contribution is -2.52. The van der Waals surface area contributed by atoms with Gasteiger partial charge in [0.05, 0.1) is 43.4 Å². The molecule has 4 aromatic rings. The number of nitrogens with one attached hydrogen (secondary N) is 2. The van der Waals surface area contributed by atoms with Crippen LogP contribution >= 0.6 is 0 Å². The minimum absolute atomic E-state index is 0.00559. The largest absolute Gasteiger partial charge is 0.433 e. The summed E-state index contributed by atoms with van der Waals surface area (Å²) in [5.41, 5.74) is 3.64. The average molecular weight is 582 g/mol. The third-order valence-electron chi connectivity index (χ3n) is 7.30. The number of rotatable bonds is 5. The number of benzene rings is 1. The average Bonchev–Trinajstić information content (AvgIpc) is 3.34. The van der Waals surface area contributed by atoms with E-state index in [0.29, 0.717) is 34.5 Å². The molecule has 1 aliphatic heterocycles. The second kappa shape index (κ2) is 11.4. The van der Waals surface area contributed by atoms with Gasteiger partial charge in [0.1, 0.15) is 11.2 Å². The molecule has 2 N–H and O–H groups in total. The summed E-state index contributed by atoms with van der Waals surface area (Å²) in [5.74, 6) is -1.22. The van der Waals surface area contributed by atoms with Crippen LogP contribution in [-0.4, -0.2) is 55.7 Å². The summed E-state index contributed by atoms with van der Waals surface area (Å²) in [4.78, 5) is 36.0. The van der Waals surface area contributed by atoms with E-state index in [0.717, 1.165) is 23.4 Å². The van der Waals surface area contributed by atoms with Gasteiger partial charge in [-0.2, -0.15) is 18.3 Å². The minimum atomic E-state index is -4.60. The number of fused-ring (bicyclic) bond motifs is 1. The number of hydrogen-bond acceptors (Lipinski definition) is 7. The van der Waals surface area contributed by atoms with Crippen LogP contribution in [0.3, 0.4) is 0 Å². The first-order valence-electron chi connectivity index (χ1n) is 13.3. The smallest absolute Gasteiger partial charge is 0.377 e. The molecule has 2 unspecified atom stereocenters. The molecule has 0 spiro atoms. The third-order valence-corrected chi connectivity index (χ3v) is 7.30. The van der Waals surface area contributed by atoms with Crippen molar-refractivity contribution in [2.24, 2.45) is 7.05 Å². The molecule has 5 rings (SSSR count). The Balaban J connectivity index is 1.36. The molecule has 1 aromatic carbocycles. The van der Waals surface area contributed by atoms with Gasteiger partial charge in [-0.15, -0.1) is 0 Å². The van der Waals surface area contributed by atoms with E-state index in [9.17, 15) is 22.8 Å². The molecule has 10 nitrogen and oxygen atoms in total. The SMILES string of the molecule is Cc1ccc(CNc2ncc(NC(=O)C(=O)N3C(C)COCC3c3ccc(C(F)(F)F)nc3)c3cnn(C)c23)c(C)c1. The Morgan fingerprint density at radius 2 is 1.86 bits per heavy atom. The minimum Gasteiger partial charge on any atom is -0.377 e. The Kier molecular flexibility index (Phi) is 7.87. The van der Waals surface area contributed by atoms with Crippen LogP contribution in [-0.2, 0) is 34.1 Å². The van der Waals surface area contributed by atoms with Crippen molar-refractivity contribution in [1.82, 2.24) is 24.6 Å². The molecule has 1 saturated heterocycles. The molecule has 220 valence electrons. The van der Waals surface area contributed by atoms with E-state index >= 15 is 0 Å². The summed E-state index contributed by atoms with van der Waals surface area (Å²) >= 11 is 0. The zero-order chi connectivity index (χ0) is 30.2. The number of carbonyl (C=O) groups is 2. The first-order chi connectivity index (χ1) is 19.9. The molecule has 0 radical (unpaired) electrons. The summed E-state index contributed by atoms with van der Waals surface area (Å²) in [6.07, 6.45) is -0.506. The number of aryl methyl sites for hydroxylation is 3. The van der Waals surface area contributed by atoms with Crippen LogP contribution < -0.4 is 10.6 Å². The van der Waals surface area contributed by atoms with E-state index in [1.807, 2.05) is 19.9 Å². The van der Waals surface area contributed by atoms with Crippen molar-refractivity contribution in [1.29, 1.82) is 0 Å². The number of morpholine rings is 1. The summed E-state index contributed by atoms with van der Waals surface area (Å²) in [5, 5.41) is 10.9. The van der Waals surface area contributed by atoms with Gasteiger partial charge in [0.15, 0.2) is 5.82 Å². The topological polar surface area (TPSA) is 114 Å². The van der Waals surface area contributed by atoms with Gasteiger partial charge in [-0.3, -0.25) is 19.3 Å². The molecule has 13 heteroatoms. The summed E-state index contributed by atoms with van der Waals surface area (Å²) in [7, 11) is 1.75. The highest BCUT2D eigenvalue weighted by molar-refractivity contribution is 6.40. The van der Waals surface area contributed by atoms with Crippen LogP contribution in [0.25, 0.3) is 10.9 Å². The number of nitrogens with zero attached hydrogens (tertiary/aromatic N) is 5. The Morgan fingerprint density at radius 3 is 2.55 bits per heavy atom. The van der Waals surface area contributed by atoms with Gasteiger partial charge in [0.25, 0.3) is 0 Å². The first kappa shape index (κ1) is 29.0. The van der Waals surface area contributed by atoms with E-state index in [2.05, 4.69) is 37.8 Å². The fourth-order valence-electron chi connectivity index (χ4n) is 5.11. The number of amides is 2. The predicted octanol–water partition coefficient (Wildman–Crippen LogP) is 4.54. The highest BCUT2D eigenvalue weighted by Gasteiger charge is 2.38. The number of carbonyl (C=O) groups excluding carboxylic acids is 2. The molecule has 2 amide bonds. The van der Waals surface area contributed by atoms with E-state index in [1.165, 1.54) is 22.7 Å². The van der Waals surface area contributed by atoms with Crippen molar-refractivity contribution >= 4 is 34.2 Å². The van der Waals surface area contributed by atoms with Gasteiger partial charge in [0, 0.05) is 25.2 Å². The quantitative estimate of drug-likeness (QED) is 0.333. The van der Waals surface area contributed by atoms with Crippen molar-refractivity contribution in [2.75, 3.05) is 23.8 Å². The molecule has 42 heavy (non-hydrogen) atoms. The van der Waals surface area contributed by atoms with Crippen LogP contribution in [0.2, 0.25) is 0 Å². The monoisotopic (exact) mass is 581 g/mol. The summed E-state index contributed by atoms with van der Waals surface area (Å²) in [6, 6.07) is 6.98. The Hall–Kier alpha value is -4.52. The lowest BCUT2D eigenvalue weighted by Gasteiger charge is -2.40.